The standard InChI is InChI=1S/C11H16N4OS2/c1-11(16,6-17-2)5-13-8-7-3-4-18-9(7)15-10(12)14-8/h3-4,16H,5-6H2,1-2H3,(H3,12,13,14,15). The van der Waals surface area contributed by atoms with Gasteiger partial charge in [-0.05, 0) is 24.6 Å². The third-order valence-corrected chi connectivity index (χ3v) is 4.15. The van der Waals surface area contributed by atoms with E-state index < -0.39 is 5.60 Å². The maximum absolute atomic E-state index is 10.1. The zero-order valence-electron chi connectivity index (χ0n) is 10.3. The minimum atomic E-state index is -0.776. The zero-order chi connectivity index (χ0) is 13.2. The molecule has 1 unspecified atom stereocenters. The Morgan fingerprint density at radius 3 is 3.06 bits per heavy atom. The molecular formula is C11H16N4OS2. The van der Waals surface area contributed by atoms with Crippen LogP contribution in [0, 0.1) is 0 Å². The number of thioether (sulfide) groups is 1. The Morgan fingerprint density at radius 2 is 2.33 bits per heavy atom. The third-order valence-electron chi connectivity index (χ3n) is 2.43. The highest BCUT2D eigenvalue weighted by Crippen LogP contribution is 2.26. The summed E-state index contributed by atoms with van der Waals surface area (Å²) in [6.45, 7) is 2.22. The van der Waals surface area contributed by atoms with Crippen molar-refractivity contribution in [3.63, 3.8) is 0 Å². The second-order valence-corrected chi connectivity index (χ2v) is 6.11. The molecule has 2 heterocycles. The highest BCUT2D eigenvalue weighted by Gasteiger charge is 2.20. The van der Waals surface area contributed by atoms with Crippen molar-refractivity contribution in [1.82, 2.24) is 9.97 Å². The normalized spacial score (nSPS) is 14.6. The first kappa shape index (κ1) is 13.4. The number of hydrogen-bond acceptors (Lipinski definition) is 7. The lowest BCUT2D eigenvalue weighted by molar-refractivity contribution is 0.0996. The lowest BCUT2D eigenvalue weighted by Gasteiger charge is -2.23. The average molecular weight is 284 g/mol. The van der Waals surface area contributed by atoms with Crippen molar-refractivity contribution >= 4 is 45.1 Å². The van der Waals surface area contributed by atoms with E-state index in [0.717, 1.165) is 10.2 Å². The molecule has 18 heavy (non-hydrogen) atoms. The molecule has 0 aliphatic heterocycles. The fourth-order valence-corrected chi connectivity index (χ4v) is 3.14. The molecule has 0 spiro atoms. The summed E-state index contributed by atoms with van der Waals surface area (Å²) >= 11 is 3.13. The molecule has 0 radical (unpaired) electrons. The molecule has 2 aromatic heterocycles. The molecule has 0 aromatic carbocycles. The van der Waals surface area contributed by atoms with Crippen LogP contribution in [-0.4, -0.2) is 39.2 Å². The van der Waals surface area contributed by atoms with Crippen molar-refractivity contribution < 1.29 is 5.11 Å². The Hall–Kier alpha value is -1.05. The van der Waals surface area contributed by atoms with Gasteiger partial charge in [-0.15, -0.1) is 11.3 Å². The molecular weight excluding hydrogens is 268 g/mol. The Labute approximate surface area is 114 Å². The molecule has 0 saturated carbocycles. The molecule has 0 saturated heterocycles. The molecule has 0 fully saturated rings. The van der Waals surface area contributed by atoms with Crippen LogP contribution in [-0.2, 0) is 0 Å². The van der Waals surface area contributed by atoms with Crippen molar-refractivity contribution in [2.24, 2.45) is 0 Å². The van der Waals surface area contributed by atoms with Gasteiger partial charge in [0.05, 0.1) is 11.0 Å². The van der Waals surface area contributed by atoms with Crippen LogP contribution in [0.1, 0.15) is 6.92 Å². The maximum Gasteiger partial charge on any atom is 0.223 e. The smallest absolute Gasteiger partial charge is 0.223 e. The number of fused-ring (bicyclic) bond motifs is 1. The number of rotatable bonds is 5. The lowest BCUT2D eigenvalue weighted by atomic mass is 10.1. The van der Waals surface area contributed by atoms with E-state index in [-0.39, 0.29) is 5.95 Å². The fourth-order valence-electron chi connectivity index (χ4n) is 1.64. The van der Waals surface area contributed by atoms with Gasteiger partial charge in [0.1, 0.15) is 10.6 Å². The minimum Gasteiger partial charge on any atom is -0.387 e. The molecule has 7 heteroatoms. The molecule has 2 rings (SSSR count). The van der Waals surface area contributed by atoms with Gasteiger partial charge in [0.2, 0.25) is 5.95 Å². The first-order valence-corrected chi connectivity index (χ1v) is 7.75. The van der Waals surface area contributed by atoms with Crippen LogP contribution >= 0.6 is 23.1 Å². The maximum atomic E-state index is 10.1. The van der Waals surface area contributed by atoms with E-state index in [1.807, 2.05) is 17.7 Å². The van der Waals surface area contributed by atoms with Gasteiger partial charge in [0.25, 0.3) is 0 Å². The van der Waals surface area contributed by atoms with E-state index in [9.17, 15) is 5.11 Å². The number of aromatic nitrogens is 2. The summed E-state index contributed by atoms with van der Waals surface area (Å²) < 4.78 is 0. The molecule has 5 nitrogen and oxygen atoms in total. The van der Waals surface area contributed by atoms with Crippen molar-refractivity contribution in [3.8, 4) is 0 Å². The van der Waals surface area contributed by atoms with Crippen LogP contribution in [0.3, 0.4) is 0 Å². The summed E-state index contributed by atoms with van der Waals surface area (Å²) in [4.78, 5) is 9.19. The van der Waals surface area contributed by atoms with Gasteiger partial charge in [-0.2, -0.15) is 16.7 Å². The van der Waals surface area contributed by atoms with Crippen LogP contribution in [0.2, 0.25) is 0 Å². The van der Waals surface area contributed by atoms with E-state index in [2.05, 4.69) is 15.3 Å². The monoisotopic (exact) mass is 284 g/mol. The van der Waals surface area contributed by atoms with E-state index in [4.69, 9.17) is 5.73 Å². The highest BCUT2D eigenvalue weighted by atomic mass is 32.2. The van der Waals surface area contributed by atoms with E-state index >= 15 is 0 Å². The van der Waals surface area contributed by atoms with Crippen LogP contribution in [0.15, 0.2) is 11.4 Å². The molecule has 1 atom stereocenters. The lowest BCUT2D eigenvalue weighted by Crippen LogP contribution is -2.36. The topological polar surface area (TPSA) is 84.1 Å². The predicted molar refractivity (Wildman–Crippen MR) is 79.3 cm³/mol. The minimum absolute atomic E-state index is 0.247. The summed E-state index contributed by atoms with van der Waals surface area (Å²) in [5.74, 6) is 1.59. The second-order valence-electron chi connectivity index (χ2n) is 4.35. The number of nitrogens with two attached hydrogens (primary N) is 1. The number of nitrogens with zero attached hydrogens (tertiary/aromatic N) is 2. The summed E-state index contributed by atoms with van der Waals surface area (Å²) in [6.07, 6.45) is 1.97. The third kappa shape index (κ3) is 3.04. The molecule has 98 valence electrons. The molecule has 0 aliphatic rings. The van der Waals surface area contributed by atoms with Gasteiger partial charge in [-0.25, -0.2) is 4.98 Å². The first-order valence-electron chi connectivity index (χ1n) is 5.48. The summed E-state index contributed by atoms with van der Waals surface area (Å²) in [5, 5.41) is 16.2. The number of anilines is 2. The Morgan fingerprint density at radius 1 is 1.56 bits per heavy atom. The summed E-state index contributed by atoms with van der Waals surface area (Å²) in [5.41, 5.74) is 4.88. The van der Waals surface area contributed by atoms with Gasteiger partial charge in [-0.3, -0.25) is 0 Å². The summed E-state index contributed by atoms with van der Waals surface area (Å²) in [6, 6.07) is 1.95. The first-order chi connectivity index (χ1) is 8.52. The van der Waals surface area contributed by atoms with Crippen LogP contribution in [0.25, 0.3) is 10.2 Å². The number of nitrogens with one attached hydrogen (secondary N) is 1. The van der Waals surface area contributed by atoms with Gasteiger partial charge < -0.3 is 16.2 Å². The quantitative estimate of drug-likeness (QED) is 0.776. The molecule has 0 aliphatic carbocycles. The van der Waals surface area contributed by atoms with Gasteiger partial charge in [-0.1, -0.05) is 0 Å². The molecule has 0 bridgehead atoms. The molecule has 4 N–H and O–H groups in total. The number of thiophene rings is 1. The Bertz CT molecular complexity index is 541. The van der Waals surface area contributed by atoms with Crippen molar-refractivity contribution in [2.75, 3.05) is 29.6 Å². The van der Waals surface area contributed by atoms with Gasteiger partial charge in [0.15, 0.2) is 0 Å². The van der Waals surface area contributed by atoms with Crippen LogP contribution < -0.4 is 11.1 Å². The Kier molecular flexibility index (Phi) is 3.94. The SMILES string of the molecule is CSCC(C)(O)CNc1nc(N)nc2sccc12. The van der Waals surface area contributed by atoms with Crippen molar-refractivity contribution in [2.45, 2.75) is 12.5 Å². The number of nitrogen functional groups attached to an aromatic ring is 1. The zero-order valence-corrected chi connectivity index (χ0v) is 11.9. The molecule has 0 amide bonds. The highest BCUT2D eigenvalue weighted by molar-refractivity contribution is 7.98. The summed E-state index contributed by atoms with van der Waals surface area (Å²) in [7, 11) is 0. The van der Waals surface area contributed by atoms with E-state index in [0.29, 0.717) is 18.1 Å². The van der Waals surface area contributed by atoms with Crippen molar-refractivity contribution in [3.05, 3.63) is 11.4 Å². The Balaban J connectivity index is 2.19. The van der Waals surface area contributed by atoms with Crippen LogP contribution in [0.5, 0.6) is 0 Å². The molecule has 2 aromatic rings. The largest absolute Gasteiger partial charge is 0.387 e. The van der Waals surface area contributed by atoms with Gasteiger partial charge in [0, 0.05) is 12.3 Å². The number of hydrogen-bond donors (Lipinski definition) is 3. The van der Waals surface area contributed by atoms with E-state index in [1.54, 1.807) is 18.7 Å². The second kappa shape index (κ2) is 5.29. The van der Waals surface area contributed by atoms with Gasteiger partial charge >= 0.3 is 0 Å². The van der Waals surface area contributed by atoms with Crippen LogP contribution in [0.4, 0.5) is 11.8 Å². The number of aliphatic hydroxyl groups is 1. The van der Waals surface area contributed by atoms with Crippen molar-refractivity contribution in [1.29, 1.82) is 0 Å². The fraction of sp³-hybridized carbons (Fsp3) is 0.455. The predicted octanol–water partition coefficient (Wildman–Crippen LogP) is 1.80. The average Bonchev–Trinajstić information content (AvgIpc) is 2.73. The van der Waals surface area contributed by atoms with E-state index in [1.165, 1.54) is 11.3 Å².